The zero-order valence-corrected chi connectivity index (χ0v) is 17.4. The highest BCUT2D eigenvalue weighted by molar-refractivity contribution is 9.10. The molecule has 0 heterocycles. The first-order valence-corrected chi connectivity index (χ1v) is 10.3. The highest BCUT2D eigenvalue weighted by atomic mass is 79.9. The van der Waals surface area contributed by atoms with Gasteiger partial charge in [-0.15, -0.1) is 0 Å². The first kappa shape index (κ1) is 19.2. The predicted molar refractivity (Wildman–Crippen MR) is 122 cm³/mol. The molecule has 0 spiro atoms. The van der Waals surface area contributed by atoms with Gasteiger partial charge in [0.25, 0.3) is 0 Å². The molecule has 0 radical (unpaired) electrons. The maximum Gasteiger partial charge on any atom is 0.243 e. The summed E-state index contributed by atoms with van der Waals surface area (Å²) in [5.74, 6) is -0.392. The average molecular weight is 442 g/mol. The Labute approximate surface area is 179 Å². The van der Waals surface area contributed by atoms with Crippen molar-refractivity contribution in [3.63, 3.8) is 0 Å². The Kier molecular flexibility index (Phi) is 5.87. The van der Waals surface area contributed by atoms with Crippen molar-refractivity contribution in [2.24, 2.45) is 0 Å². The molecule has 0 atom stereocenters. The van der Waals surface area contributed by atoms with Crippen LogP contribution in [0.3, 0.4) is 0 Å². The zero-order valence-electron chi connectivity index (χ0n) is 15.8. The van der Waals surface area contributed by atoms with Crippen LogP contribution >= 0.6 is 15.9 Å². The molecule has 29 heavy (non-hydrogen) atoms. The second kappa shape index (κ2) is 8.89. The maximum atomic E-state index is 14.0. The monoisotopic (exact) mass is 441 g/mol. The molecule has 0 aliphatic carbocycles. The number of carbonyl (C=O) groups is 1. The van der Waals surface area contributed by atoms with Crippen LogP contribution in [-0.4, -0.2) is 5.91 Å². The lowest BCUT2D eigenvalue weighted by molar-refractivity contribution is -0.118. The summed E-state index contributed by atoms with van der Waals surface area (Å²) in [4.78, 5) is 15.8. The van der Waals surface area contributed by atoms with Gasteiger partial charge in [-0.2, -0.15) is 0 Å². The smallest absolute Gasteiger partial charge is 0.243 e. The second-order valence-electron chi connectivity index (χ2n) is 6.74. The highest BCUT2D eigenvalue weighted by Gasteiger charge is 2.29. The van der Waals surface area contributed by atoms with Gasteiger partial charge in [0.15, 0.2) is 0 Å². The molecule has 3 heteroatoms. The average Bonchev–Trinajstić information content (AvgIpc) is 2.78. The number of benzene rings is 4. The lowest BCUT2D eigenvalue weighted by Gasteiger charge is -2.28. The molecule has 0 fully saturated rings. The van der Waals surface area contributed by atoms with E-state index in [-0.39, 0.29) is 5.91 Å². The van der Waals surface area contributed by atoms with E-state index in [0.29, 0.717) is 0 Å². The summed E-state index contributed by atoms with van der Waals surface area (Å²) >= 11 is 3.49. The Hall–Kier alpha value is -3.17. The number of halogens is 1. The van der Waals surface area contributed by atoms with Gasteiger partial charge in [0, 0.05) is 15.8 Å². The maximum absolute atomic E-state index is 14.0. The molecular formula is C26H20BrNO. The van der Waals surface area contributed by atoms with E-state index in [4.69, 9.17) is 0 Å². The van der Waals surface area contributed by atoms with Gasteiger partial charge in [-0.1, -0.05) is 94.8 Å². The molecule has 0 aliphatic heterocycles. The number of amides is 1. The van der Waals surface area contributed by atoms with E-state index in [2.05, 4.69) is 15.9 Å². The SMILES string of the molecule is O=C(C(c1ccccc1)c1ccccc1)N(c1ccccc1)c1ccc(Br)cc1. The zero-order chi connectivity index (χ0) is 20.1. The van der Waals surface area contributed by atoms with Crippen LogP contribution in [0.25, 0.3) is 0 Å². The van der Waals surface area contributed by atoms with Gasteiger partial charge in [-0.25, -0.2) is 0 Å². The van der Waals surface area contributed by atoms with Crippen molar-refractivity contribution >= 4 is 33.2 Å². The van der Waals surface area contributed by atoms with Gasteiger partial charge < -0.3 is 0 Å². The van der Waals surface area contributed by atoms with E-state index in [0.717, 1.165) is 27.0 Å². The molecule has 4 aromatic carbocycles. The van der Waals surface area contributed by atoms with Crippen molar-refractivity contribution in [2.75, 3.05) is 4.90 Å². The first-order chi connectivity index (χ1) is 14.2. The lowest BCUT2D eigenvalue weighted by Crippen LogP contribution is -2.32. The minimum atomic E-state index is -0.402. The van der Waals surface area contributed by atoms with Crippen LogP contribution in [0.1, 0.15) is 17.0 Å². The third-order valence-electron chi connectivity index (χ3n) is 4.83. The van der Waals surface area contributed by atoms with Gasteiger partial charge in [0.2, 0.25) is 5.91 Å². The van der Waals surface area contributed by atoms with Gasteiger partial charge in [0.1, 0.15) is 0 Å². The number of carbonyl (C=O) groups excluding carboxylic acids is 1. The van der Waals surface area contributed by atoms with E-state index in [1.165, 1.54) is 0 Å². The van der Waals surface area contributed by atoms with Crippen LogP contribution in [0, 0.1) is 0 Å². The fourth-order valence-corrected chi connectivity index (χ4v) is 3.73. The Morgan fingerprint density at radius 2 is 1.00 bits per heavy atom. The van der Waals surface area contributed by atoms with Gasteiger partial charge in [0.05, 0.1) is 5.92 Å². The third-order valence-corrected chi connectivity index (χ3v) is 5.36. The quantitative estimate of drug-likeness (QED) is 0.328. The van der Waals surface area contributed by atoms with E-state index in [1.54, 1.807) is 4.90 Å². The minimum Gasteiger partial charge on any atom is -0.280 e. The minimum absolute atomic E-state index is 0.0101. The van der Waals surface area contributed by atoms with Crippen LogP contribution in [-0.2, 0) is 4.79 Å². The fourth-order valence-electron chi connectivity index (χ4n) is 3.47. The predicted octanol–water partition coefficient (Wildman–Crippen LogP) is 6.95. The second-order valence-corrected chi connectivity index (χ2v) is 7.66. The number of nitrogens with zero attached hydrogens (tertiary/aromatic N) is 1. The Bertz CT molecular complexity index is 1020. The summed E-state index contributed by atoms with van der Waals surface area (Å²) in [6, 6.07) is 37.5. The van der Waals surface area contributed by atoms with E-state index in [9.17, 15) is 4.79 Å². The first-order valence-electron chi connectivity index (χ1n) is 9.48. The van der Waals surface area contributed by atoms with Crippen LogP contribution in [0.4, 0.5) is 11.4 Å². The van der Waals surface area contributed by atoms with Crippen LogP contribution < -0.4 is 4.90 Å². The molecular weight excluding hydrogens is 422 g/mol. The summed E-state index contributed by atoms with van der Waals surface area (Å²) in [6.45, 7) is 0. The molecule has 0 saturated heterocycles. The topological polar surface area (TPSA) is 20.3 Å². The van der Waals surface area contributed by atoms with Crippen molar-refractivity contribution < 1.29 is 4.79 Å². The largest absolute Gasteiger partial charge is 0.280 e. The summed E-state index contributed by atoms with van der Waals surface area (Å²) in [5.41, 5.74) is 3.63. The standard InChI is InChI=1S/C26H20BrNO/c27-22-16-18-24(19-17-22)28(23-14-8-3-9-15-23)26(29)25(20-10-4-1-5-11-20)21-12-6-2-7-13-21/h1-19,25H. The van der Waals surface area contributed by atoms with Crippen LogP contribution in [0.15, 0.2) is 120 Å². The number of hydrogen-bond donors (Lipinski definition) is 0. The normalized spacial score (nSPS) is 10.7. The van der Waals surface area contributed by atoms with Gasteiger partial charge >= 0.3 is 0 Å². The molecule has 0 bridgehead atoms. The van der Waals surface area contributed by atoms with Crippen molar-refractivity contribution in [3.8, 4) is 0 Å². The molecule has 0 unspecified atom stereocenters. The Morgan fingerprint density at radius 1 is 0.586 bits per heavy atom. The summed E-state index contributed by atoms with van der Waals surface area (Å²) < 4.78 is 0.976. The number of hydrogen-bond acceptors (Lipinski definition) is 1. The number of anilines is 2. The Morgan fingerprint density at radius 3 is 1.48 bits per heavy atom. The highest BCUT2D eigenvalue weighted by Crippen LogP contribution is 2.34. The van der Waals surface area contributed by atoms with E-state index in [1.807, 2.05) is 115 Å². The molecule has 142 valence electrons. The van der Waals surface area contributed by atoms with E-state index >= 15 is 0 Å². The molecule has 0 aromatic heterocycles. The summed E-state index contributed by atoms with van der Waals surface area (Å²) in [7, 11) is 0. The molecule has 4 rings (SSSR count). The van der Waals surface area contributed by atoms with Crippen molar-refractivity contribution in [1.29, 1.82) is 0 Å². The fraction of sp³-hybridized carbons (Fsp3) is 0.0385. The Balaban J connectivity index is 1.85. The molecule has 0 aliphatic rings. The molecule has 0 saturated carbocycles. The van der Waals surface area contributed by atoms with Crippen molar-refractivity contribution in [1.82, 2.24) is 0 Å². The summed E-state index contributed by atoms with van der Waals surface area (Å²) in [6.07, 6.45) is 0. The van der Waals surface area contributed by atoms with Crippen molar-refractivity contribution in [3.05, 3.63) is 131 Å². The van der Waals surface area contributed by atoms with Crippen LogP contribution in [0.5, 0.6) is 0 Å². The molecule has 4 aromatic rings. The number of rotatable bonds is 5. The molecule has 0 N–H and O–H groups in total. The van der Waals surface area contributed by atoms with Crippen LogP contribution in [0.2, 0.25) is 0 Å². The third kappa shape index (κ3) is 4.30. The van der Waals surface area contributed by atoms with Gasteiger partial charge in [-0.05, 0) is 47.5 Å². The molecule has 2 nitrogen and oxygen atoms in total. The van der Waals surface area contributed by atoms with Crippen molar-refractivity contribution in [2.45, 2.75) is 5.92 Å². The molecule has 1 amide bonds. The summed E-state index contributed by atoms with van der Waals surface area (Å²) in [5, 5.41) is 0. The lowest BCUT2D eigenvalue weighted by atomic mass is 9.89. The van der Waals surface area contributed by atoms with E-state index < -0.39 is 5.92 Å². The number of para-hydroxylation sites is 1. The van der Waals surface area contributed by atoms with Gasteiger partial charge in [-0.3, -0.25) is 9.69 Å².